The van der Waals surface area contributed by atoms with E-state index in [9.17, 15) is 9.18 Å². The Labute approximate surface area is 116 Å². The van der Waals surface area contributed by atoms with E-state index in [4.69, 9.17) is 4.74 Å². The van der Waals surface area contributed by atoms with Crippen molar-refractivity contribution in [3.63, 3.8) is 0 Å². The number of hydrogen-bond acceptors (Lipinski definition) is 3. The van der Waals surface area contributed by atoms with Gasteiger partial charge in [-0.3, -0.25) is 4.79 Å². The summed E-state index contributed by atoms with van der Waals surface area (Å²) >= 11 is 3.59. The van der Waals surface area contributed by atoms with E-state index in [-0.39, 0.29) is 11.3 Å². The Morgan fingerprint density at radius 1 is 1.41 bits per heavy atom. The third-order valence-electron chi connectivity index (χ3n) is 2.25. The molecule has 0 unspecified atom stereocenters. The van der Waals surface area contributed by atoms with Crippen molar-refractivity contribution in [1.82, 2.24) is 0 Å². The van der Waals surface area contributed by atoms with Gasteiger partial charge >= 0.3 is 0 Å². The maximum atomic E-state index is 13.7. The lowest BCUT2D eigenvalue weighted by Crippen LogP contribution is -2.03. The molecule has 2 aromatic rings. The molecule has 2 rings (SSSR count). The Hall–Kier alpha value is -0.950. The number of ether oxygens (including phenoxy) is 1. The molecule has 0 aliphatic rings. The summed E-state index contributed by atoms with van der Waals surface area (Å²) in [6.45, 7) is 0. The van der Waals surface area contributed by atoms with Gasteiger partial charge in [-0.25, -0.2) is 4.39 Å². The number of carbonyl (C=O) groups is 1. The molecule has 0 saturated carbocycles. The molecule has 0 spiro atoms. The molecular weight excluding hydrogens is 354 g/mol. The number of halogens is 2. The van der Waals surface area contributed by atoms with E-state index < -0.39 is 5.82 Å². The molecule has 0 amide bonds. The molecule has 0 fully saturated rings. The van der Waals surface area contributed by atoms with Crippen LogP contribution in [-0.2, 0) is 0 Å². The Morgan fingerprint density at radius 3 is 2.71 bits per heavy atom. The number of methoxy groups -OCH3 is 1. The van der Waals surface area contributed by atoms with Gasteiger partial charge in [-0.05, 0) is 40.8 Å². The molecule has 0 N–H and O–H groups in total. The monoisotopic (exact) mass is 362 g/mol. The van der Waals surface area contributed by atoms with Crippen LogP contribution >= 0.6 is 33.9 Å². The van der Waals surface area contributed by atoms with Crippen molar-refractivity contribution >= 4 is 39.7 Å². The van der Waals surface area contributed by atoms with Crippen LogP contribution in [0.25, 0.3) is 0 Å². The number of benzene rings is 1. The Balaban J connectivity index is 2.37. The third kappa shape index (κ3) is 2.66. The average molecular weight is 362 g/mol. The summed E-state index contributed by atoms with van der Waals surface area (Å²) in [5.74, 6) is -0.459. The van der Waals surface area contributed by atoms with Gasteiger partial charge in [-0.2, -0.15) is 0 Å². The molecule has 0 saturated heterocycles. The SMILES string of the molecule is COc1ccc(C(=O)c2csc(I)c2)c(F)c1. The number of rotatable bonds is 3. The van der Waals surface area contributed by atoms with Crippen molar-refractivity contribution in [3.8, 4) is 5.75 Å². The summed E-state index contributed by atoms with van der Waals surface area (Å²) in [5.41, 5.74) is 0.587. The summed E-state index contributed by atoms with van der Waals surface area (Å²) in [7, 11) is 1.46. The molecule has 5 heteroatoms. The molecule has 0 atom stereocenters. The fraction of sp³-hybridized carbons (Fsp3) is 0.0833. The summed E-state index contributed by atoms with van der Waals surface area (Å²) in [6, 6.07) is 5.98. The molecule has 88 valence electrons. The van der Waals surface area contributed by atoms with Crippen LogP contribution in [0.4, 0.5) is 4.39 Å². The van der Waals surface area contributed by atoms with E-state index in [0.717, 1.165) is 2.88 Å². The van der Waals surface area contributed by atoms with E-state index in [1.807, 2.05) is 0 Å². The fourth-order valence-corrected chi connectivity index (χ4v) is 2.72. The maximum absolute atomic E-state index is 13.7. The van der Waals surface area contributed by atoms with Gasteiger partial charge in [0.1, 0.15) is 11.6 Å². The van der Waals surface area contributed by atoms with Gasteiger partial charge in [0, 0.05) is 17.0 Å². The standard InChI is InChI=1S/C12H8FIO2S/c1-16-8-2-3-9(10(13)5-8)12(15)7-4-11(14)17-6-7/h2-6H,1H3. The average Bonchev–Trinajstić information content (AvgIpc) is 2.75. The molecule has 0 aliphatic carbocycles. The first-order chi connectivity index (χ1) is 8.11. The first-order valence-electron chi connectivity index (χ1n) is 4.74. The zero-order valence-electron chi connectivity index (χ0n) is 8.87. The molecule has 17 heavy (non-hydrogen) atoms. The lowest BCUT2D eigenvalue weighted by atomic mass is 10.1. The molecule has 0 aliphatic heterocycles. The van der Waals surface area contributed by atoms with Gasteiger partial charge in [0.25, 0.3) is 0 Å². The van der Waals surface area contributed by atoms with Crippen LogP contribution in [-0.4, -0.2) is 12.9 Å². The second-order valence-electron chi connectivity index (χ2n) is 3.31. The highest BCUT2D eigenvalue weighted by Crippen LogP contribution is 2.22. The molecule has 1 aromatic heterocycles. The van der Waals surface area contributed by atoms with Gasteiger partial charge in [0.05, 0.1) is 15.6 Å². The smallest absolute Gasteiger partial charge is 0.196 e. The summed E-state index contributed by atoms with van der Waals surface area (Å²) in [4.78, 5) is 12.0. The van der Waals surface area contributed by atoms with Crippen LogP contribution in [0.3, 0.4) is 0 Å². The van der Waals surface area contributed by atoms with Crippen LogP contribution < -0.4 is 4.74 Å². The van der Waals surface area contributed by atoms with Gasteiger partial charge in [-0.15, -0.1) is 11.3 Å². The van der Waals surface area contributed by atoms with Crippen LogP contribution in [0.15, 0.2) is 29.6 Å². The molecular formula is C12H8FIO2S. The van der Waals surface area contributed by atoms with Gasteiger partial charge in [0.2, 0.25) is 0 Å². The predicted molar refractivity (Wildman–Crippen MR) is 73.4 cm³/mol. The van der Waals surface area contributed by atoms with Crippen LogP contribution in [0.5, 0.6) is 5.75 Å². The van der Waals surface area contributed by atoms with Crippen LogP contribution in [0.1, 0.15) is 15.9 Å². The Bertz CT molecular complexity index is 565. The molecule has 2 nitrogen and oxygen atoms in total. The van der Waals surface area contributed by atoms with Crippen LogP contribution in [0, 0.1) is 8.70 Å². The maximum Gasteiger partial charge on any atom is 0.196 e. The van der Waals surface area contributed by atoms with Crippen molar-refractivity contribution < 1.29 is 13.9 Å². The fourth-order valence-electron chi connectivity index (χ4n) is 1.39. The quantitative estimate of drug-likeness (QED) is 0.615. The highest BCUT2D eigenvalue weighted by atomic mass is 127. The van der Waals surface area contributed by atoms with E-state index >= 15 is 0 Å². The molecule has 0 radical (unpaired) electrons. The van der Waals surface area contributed by atoms with E-state index in [1.165, 1.54) is 30.6 Å². The highest BCUT2D eigenvalue weighted by Gasteiger charge is 2.15. The van der Waals surface area contributed by atoms with E-state index in [0.29, 0.717) is 11.3 Å². The predicted octanol–water partition coefficient (Wildman–Crippen LogP) is 3.73. The second-order valence-corrected chi connectivity index (χ2v) is 6.12. The summed E-state index contributed by atoms with van der Waals surface area (Å²) in [6.07, 6.45) is 0. The normalized spacial score (nSPS) is 10.3. The number of hydrogen-bond donors (Lipinski definition) is 0. The van der Waals surface area contributed by atoms with Crippen LogP contribution in [0.2, 0.25) is 0 Å². The summed E-state index contributed by atoms with van der Waals surface area (Å²) < 4.78 is 19.6. The minimum Gasteiger partial charge on any atom is -0.497 e. The minimum absolute atomic E-state index is 0.0694. The third-order valence-corrected chi connectivity index (χ3v) is 4.04. The van der Waals surface area contributed by atoms with Crippen molar-refractivity contribution in [2.24, 2.45) is 0 Å². The van der Waals surface area contributed by atoms with Crippen molar-refractivity contribution in [2.75, 3.05) is 7.11 Å². The Morgan fingerprint density at radius 2 is 2.18 bits per heavy atom. The molecule has 1 heterocycles. The zero-order valence-corrected chi connectivity index (χ0v) is 11.8. The lowest BCUT2D eigenvalue weighted by Gasteiger charge is -2.03. The number of ketones is 1. The van der Waals surface area contributed by atoms with E-state index in [2.05, 4.69) is 22.6 Å². The largest absolute Gasteiger partial charge is 0.497 e. The number of carbonyl (C=O) groups excluding carboxylic acids is 1. The summed E-state index contributed by atoms with van der Waals surface area (Å²) in [5, 5.41) is 1.73. The molecule has 0 bridgehead atoms. The topological polar surface area (TPSA) is 26.3 Å². The number of thiophene rings is 1. The second kappa shape index (κ2) is 5.14. The van der Waals surface area contributed by atoms with Crippen molar-refractivity contribution in [2.45, 2.75) is 0 Å². The first kappa shape index (κ1) is 12.5. The zero-order chi connectivity index (χ0) is 12.4. The highest BCUT2D eigenvalue weighted by molar-refractivity contribution is 14.1. The van der Waals surface area contributed by atoms with Crippen molar-refractivity contribution in [1.29, 1.82) is 0 Å². The van der Waals surface area contributed by atoms with E-state index in [1.54, 1.807) is 17.5 Å². The Kier molecular flexibility index (Phi) is 3.78. The lowest BCUT2D eigenvalue weighted by molar-refractivity contribution is 0.103. The van der Waals surface area contributed by atoms with Crippen molar-refractivity contribution in [3.05, 3.63) is 49.5 Å². The van der Waals surface area contributed by atoms with Gasteiger partial charge in [-0.1, -0.05) is 0 Å². The van der Waals surface area contributed by atoms with Gasteiger partial charge < -0.3 is 4.74 Å². The van der Waals surface area contributed by atoms with Gasteiger partial charge in [0.15, 0.2) is 5.78 Å². The molecule has 1 aromatic carbocycles. The minimum atomic E-state index is -0.560. The first-order valence-corrected chi connectivity index (χ1v) is 6.70.